The van der Waals surface area contributed by atoms with Crippen molar-refractivity contribution in [3.05, 3.63) is 59.2 Å². The van der Waals surface area contributed by atoms with Gasteiger partial charge in [-0.15, -0.1) is 0 Å². The summed E-state index contributed by atoms with van der Waals surface area (Å²) in [7, 11) is 0. The molecule has 0 radical (unpaired) electrons. The predicted molar refractivity (Wildman–Crippen MR) is 88.1 cm³/mol. The Morgan fingerprint density at radius 3 is 2.62 bits per heavy atom. The summed E-state index contributed by atoms with van der Waals surface area (Å²) in [6.07, 6.45) is 1.02. The zero-order valence-electron chi connectivity index (χ0n) is 12.6. The van der Waals surface area contributed by atoms with Gasteiger partial charge in [-0.05, 0) is 42.7 Å². The number of aryl methyl sites for hydroxylation is 1. The van der Waals surface area contributed by atoms with Gasteiger partial charge in [-0.3, -0.25) is 0 Å². The topological polar surface area (TPSA) is 53.0 Å². The summed E-state index contributed by atoms with van der Waals surface area (Å²) in [6, 6.07) is 16.1. The zero-order valence-corrected chi connectivity index (χ0v) is 12.6. The minimum Gasteiger partial charge on any atom is -0.398 e. The molecule has 3 heteroatoms. The van der Waals surface area contributed by atoms with Gasteiger partial charge in [0.05, 0.1) is 11.3 Å². The molecule has 2 aromatic rings. The van der Waals surface area contributed by atoms with E-state index < -0.39 is 0 Å². The highest BCUT2D eigenvalue weighted by Crippen LogP contribution is 2.25. The van der Waals surface area contributed by atoms with Crippen molar-refractivity contribution in [2.24, 2.45) is 0 Å². The fourth-order valence-electron chi connectivity index (χ4n) is 2.44. The quantitative estimate of drug-likeness (QED) is 0.845. The smallest absolute Gasteiger partial charge is 0.101 e. The Hall–Kier alpha value is -2.47. The molecule has 0 spiro atoms. The maximum atomic E-state index is 9.35. The summed E-state index contributed by atoms with van der Waals surface area (Å²) in [5.74, 6) is 0. The molecule has 0 amide bonds. The molecule has 2 N–H and O–H groups in total. The maximum absolute atomic E-state index is 9.35. The third-order valence-electron chi connectivity index (χ3n) is 3.52. The van der Waals surface area contributed by atoms with E-state index in [1.807, 2.05) is 43.3 Å². The predicted octanol–water partition coefficient (Wildman–Crippen LogP) is 3.87. The molecule has 2 rings (SSSR count). The van der Waals surface area contributed by atoms with E-state index in [-0.39, 0.29) is 0 Å². The Morgan fingerprint density at radius 1 is 1.19 bits per heavy atom. The van der Waals surface area contributed by atoms with Crippen LogP contribution < -0.4 is 10.6 Å². The van der Waals surface area contributed by atoms with E-state index in [0.29, 0.717) is 5.56 Å². The molecular weight excluding hydrogens is 258 g/mol. The lowest BCUT2D eigenvalue weighted by atomic mass is 10.1. The van der Waals surface area contributed by atoms with Crippen molar-refractivity contribution >= 4 is 11.4 Å². The van der Waals surface area contributed by atoms with Crippen LogP contribution >= 0.6 is 0 Å². The van der Waals surface area contributed by atoms with Gasteiger partial charge in [0.1, 0.15) is 6.07 Å². The van der Waals surface area contributed by atoms with Crippen LogP contribution in [0.2, 0.25) is 0 Å². The molecule has 21 heavy (non-hydrogen) atoms. The SMILES string of the molecule is CCCN(Cc1ccccc1N)c1cc(C)ccc1C#N. The molecule has 0 saturated carbocycles. The summed E-state index contributed by atoms with van der Waals surface area (Å²) in [4.78, 5) is 2.23. The van der Waals surface area contributed by atoms with E-state index in [2.05, 4.69) is 24.0 Å². The fourth-order valence-corrected chi connectivity index (χ4v) is 2.44. The van der Waals surface area contributed by atoms with Crippen LogP contribution in [0, 0.1) is 18.3 Å². The van der Waals surface area contributed by atoms with Crippen molar-refractivity contribution in [3.63, 3.8) is 0 Å². The maximum Gasteiger partial charge on any atom is 0.101 e. The van der Waals surface area contributed by atoms with Gasteiger partial charge in [0.25, 0.3) is 0 Å². The normalized spacial score (nSPS) is 10.1. The largest absolute Gasteiger partial charge is 0.398 e. The number of rotatable bonds is 5. The van der Waals surface area contributed by atoms with Crippen molar-refractivity contribution in [1.82, 2.24) is 0 Å². The van der Waals surface area contributed by atoms with Gasteiger partial charge in [-0.25, -0.2) is 0 Å². The lowest BCUT2D eigenvalue weighted by Gasteiger charge is -2.26. The number of anilines is 2. The van der Waals surface area contributed by atoms with Crippen molar-refractivity contribution in [2.75, 3.05) is 17.2 Å². The molecular formula is C18H21N3. The van der Waals surface area contributed by atoms with Crippen LogP contribution in [-0.4, -0.2) is 6.54 Å². The fraction of sp³-hybridized carbons (Fsp3) is 0.278. The van der Waals surface area contributed by atoms with E-state index in [0.717, 1.165) is 42.0 Å². The second-order valence-electron chi connectivity index (χ2n) is 5.25. The second kappa shape index (κ2) is 6.81. The van der Waals surface area contributed by atoms with Crippen LogP contribution in [0.25, 0.3) is 0 Å². The number of nitrogens with two attached hydrogens (primary N) is 1. The first kappa shape index (κ1) is 14.9. The molecule has 0 unspecified atom stereocenters. The monoisotopic (exact) mass is 279 g/mol. The van der Waals surface area contributed by atoms with Crippen LogP contribution in [0.3, 0.4) is 0 Å². The van der Waals surface area contributed by atoms with E-state index >= 15 is 0 Å². The first-order chi connectivity index (χ1) is 10.2. The Kier molecular flexibility index (Phi) is 4.84. The van der Waals surface area contributed by atoms with E-state index in [4.69, 9.17) is 5.73 Å². The molecule has 0 aliphatic heterocycles. The molecule has 0 fully saturated rings. The van der Waals surface area contributed by atoms with Gasteiger partial charge in [0, 0.05) is 18.8 Å². The van der Waals surface area contributed by atoms with Gasteiger partial charge in [-0.1, -0.05) is 31.2 Å². The Balaban J connectivity index is 2.38. The summed E-state index contributed by atoms with van der Waals surface area (Å²) >= 11 is 0. The number of nitriles is 1. The summed E-state index contributed by atoms with van der Waals surface area (Å²) < 4.78 is 0. The number of hydrogen-bond donors (Lipinski definition) is 1. The van der Waals surface area contributed by atoms with Crippen LogP contribution in [-0.2, 0) is 6.54 Å². The first-order valence-electron chi connectivity index (χ1n) is 7.24. The highest BCUT2D eigenvalue weighted by molar-refractivity contribution is 5.61. The third-order valence-corrected chi connectivity index (χ3v) is 3.52. The molecule has 0 atom stereocenters. The summed E-state index contributed by atoms with van der Waals surface area (Å²) in [5, 5.41) is 9.35. The summed E-state index contributed by atoms with van der Waals surface area (Å²) in [5.41, 5.74) is 10.8. The van der Waals surface area contributed by atoms with Crippen LogP contribution in [0.4, 0.5) is 11.4 Å². The summed E-state index contributed by atoms with van der Waals surface area (Å²) in [6.45, 7) is 5.81. The number of hydrogen-bond acceptors (Lipinski definition) is 3. The van der Waals surface area contributed by atoms with E-state index in [1.54, 1.807) is 0 Å². The number of nitrogen functional groups attached to an aromatic ring is 1. The standard InChI is InChI=1S/C18H21N3/c1-3-10-21(13-16-6-4-5-7-17(16)20)18-11-14(2)8-9-15(18)12-19/h4-9,11H,3,10,13,20H2,1-2H3. The first-order valence-corrected chi connectivity index (χ1v) is 7.24. The number of benzene rings is 2. The average Bonchev–Trinajstić information content (AvgIpc) is 2.49. The molecule has 0 aromatic heterocycles. The van der Waals surface area contributed by atoms with Crippen LogP contribution in [0.1, 0.15) is 30.0 Å². The minimum absolute atomic E-state index is 0.712. The van der Waals surface area contributed by atoms with Crippen molar-refractivity contribution in [3.8, 4) is 6.07 Å². The van der Waals surface area contributed by atoms with E-state index in [9.17, 15) is 5.26 Å². The van der Waals surface area contributed by atoms with Gasteiger partial charge >= 0.3 is 0 Å². The van der Waals surface area contributed by atoms with Gasteiger partial charge in [0.2, 0.25) is 0 Å². The van der Waals surface area contributed by atoms with Crippen molar-refractivity contribution in [1.29, 1.82) is 5.26 Å². The second-order valence-corrected chi connectivity index (χ2v) is 5.25. The Morgan fingerprint density at radius 2 is 1.95 bits per heavy atom. The Labute approximate surface area is 126 Å². The molecule has 0 aliphatic carbocycles. The lowest BCUT2D eigenvalue weighted by molar-refractivity contribution is 0.767. The van der Waals surface area contributed by atoms with Gasteiger partial charge in [-0.2, -0.15) is 5.26 Å². The van der Waals surface area contributed by atoms with E-state index in [1.165, 1.54) is 0 Å². The molecule has 3 nitrogen and oxygen atoms in total. The highest BCUT2D eigenvalue weighted by Gasteiger charge is 2.12. The molecule has 108 valence electrons. The lowest BCUT2D eigenvalue weighted by Crippen LogP contribution is -2.25. The van der Waals surface area contributed by atoms with Crippen molar-refractivity contribution < 1.29 is 0 Å². The average molecular weight is 279 g/mol. The molecule has 0 bridgehead atoms. The zero-order chi connectivity index (χ0) is 15.2. The number of para-hydroxylation sites is 1. The van der Waals surface area contributed by atoms with Crippen molar-refractivity contribution in [2.45, 2.75) is 26.8 Å². The molecule has 0 heterocycles. The molecule has 0 saturated heterocycles. The minimum atomic E-state index is 0.712. The molecule has 2 aromatic carbocycles. The van der Waals surface area contributed by atoms with Gasteiger partial charge < -0.3 is 10.6 Å². The number of nitrogens with zero attached hydrogens (tertiary/aromatic N) is 2. The van der Waals surface area contributed by atoms with Crippen LogP contribution in [0.15, 0.2) is 42.5 Å². The highest BCUT2D eigenvalue weighted by atomic mass is 15.1. The van der Waals surface area contributed by atoms with Crippen LogP contribution in [0.5, 0.6) is 0 Å². The van der Waals surface area contributed by atoms with Gasteiger partial charge in [0.15, 0.2) is 0 Å². The third kappa shape index (κ3) is 3.55. The molecule has 0 aliphatic rings. The Bertz CT molecular complexity index is 656.